The summed E-state index contributed by atoms with van der Waals surface area (Å²) in [5.74, 6) is -0.128. The molecule has 5 heteroatoms. The molecular formula is C14H29N3O2. The molecule has 0 saturated carbocycles. The summed E-state index contributed by atoms with van der Waals surface area (Å²) >= 11 is 0. The molecule has 1 fully saturated rings. The van der Waals surface area contributed by atoms with Gasteiger partial charge in [-0.05, 0) is 32.5 Å². The van der Waals surface area contributed by atoms with Crippen molar-refractivity contribution in [1.29, 1.82) is 0 Å². The van der Waals surface area contributed by atoms with Crippen LogP contribution < -0.4 is 5.32 Å². The van der Waals surface area contributed by atoms with Crippen molar-refractivity contribution < 1.29 is 9.53 Å². The molecule has 1 rings (SSSR count). The third kappa shape index (κ3) is 7.50. The second kappa shape index (κ2) is 10.2. The van der Waals surface area contributed by atoms with Gasteiger partial charge in [-0.15, -0.1) is 0 Å². The summed E-state index contributed by atoms with van der Waals surface area (Å²) in [6.07, 6.45) is 3.86. The monoisotopic (exact) mass is 271 g/mol. The molecule has 1 saturated heterocycles. The molecule has 0 radical (unpaired) electrons. The van der Waals surface area contributed by atoms with E-state index in [0.29, 0.717) is 6.54 Å². The minimum Gasteiger partial charge on any atom is -0.468 e. The second-order valence-electron chi connectivity index (χ2n) is 5.11. The van der Waals surface area contributed by atoms with E-state index >= 15 is 0 Å². The number of hydrogen-bond donors (Lipinski definition) is 1. The molecule has 1 aliphatic rings. The molecule has 0 aromatic carbocycles. The van der Waals surface area contributed by atoms with Crippen molar-refractivity contribution in [3.63, 3.8) is 0 Å². The molecule has 0 aromatic heterocycles. The topological polar surface area (TPSA) is 44.8 Å². The molecule has 0 unspecified atom stereocenters. The van der Waals surface area contributed by atoms with Crippen LogP contribution in [0.2, 0.25) is 0 Å². The van der Waals surface area contributed by atoms with Gasteiger partial charge >= 0.3 is 5.97 Å². The van der Waals surface area contributed by atoms with Gasteiger partial charge in [-0.25, -0.2) is 0 Å². The van der Waals surface area contributed by atoms with Crippen LogP contribution in [0.3, 0.4) is 0 Å². The molecule has 0 aromatic rings. The van der Waals surface area contributed by atoms with Gasteiger partial charge in [0, 0.05) is 26.2 Å². The Morgan fingerprint density at radius 3 is 2.42 bits per heavy atom. The van der Waals surface area contributed by atoms with Gasteiger partial charge in [-0.3, -0.25) is 9.69 Å². The lowest BCUT2D eigenvalue weighted by Gasteiger charge is -2.33. The van der Waals surface area contributed by atoms with Gasteiger partial charge in [-0.2, -0.15) is 0 Å². The molecule has 1 N–H and O–H groups in total. The lowest BCUT2D eigenvalue weighted by atomic mass is 10.2. The summed E-state index contributed by atoms with van der Waals surface area (Å²) in [6.45, 7) is 10.1. The van der Waals surface area contributed by atoms with Gasteiger partial charge in [0.1, 0.15) is 0 Å². The third-order valence-electron chi connectivity index (χ3n) is 3.62. The Morgan fingerprint density at radius 2 is 1.79 bits per heavy atom. The van der Waals surface area contributed by atoms with E-state index in [2.05, 4.69) is 22.0 Å². The largest absolute Gasteiger partial charge is 0.468 e. The number of rotatable bonds is 9. The van der Waals surface area contributed by atoms with Gasteiger partial charge in [-0.1, -0.05) is 13.3 Å². The fraction of sp³-hybridized carbons (Fsp3) is 0.929. The molecule has 0 spiro atoms. The molecule has 1 heterocycles. The quantitative estimate of drug-likeness (QED) is 0.490. The Balaban J connectivity index is 1.99. The van der Waals surface area contributed by atoms with Crippen molar-refractivity contribution in [2.45, 2.75) is 26.2 Å². The van der Waals surface area contributed by atoms with Crippen molar-refractivity contribution >= 4 is 5.97 Å². The minimum atomic E-state index is -0.128. The van der Waals surface area contributed by atoms with Crippen LogP contribution in [0.4, 0.5) is 0 Å². The first-order valence-corrected chi connectivity index (χ1v) is 7.48. The van der Waals surface area contributed by atoms with Crippen molar-refractivity contribution in [3.8, 4) is 0 Å². The van der Waals surface area contributed by atoms with E-state index in [-0.39, 0.29) is 5.97 Å². The van der Waals surface area contributed by atoms with Gasteiger partial charge < -0.3 is 15.0 Å². The van der Waals surface area contributed by atoms with E-state index < -0.39 is 0 Å². The Kier molecular flexibility index (Phi) is 8.79. The number of nitrogens with zero attached hydrogens (tertiary/aromatic N) is 2. The fourth-order valence-electron chi connectivity index (χ4n) is 2.36. The maximum Gasteiger partial charge on any atom is 0.319 e. The van der Waals surface area contributed by atoms with Crippen LogP contribution in [0.15, 0.2) is 0 Å². The number of carbonyl (C=O) groups is 1. The number of unbranched alkanes of at least 4 members (excludes halogenated alkanes) is 2. The summed E-state index contributed by atoms with van der Waals surface area (Å²) in [4.78, 5) is 15.9. The van der Waals surface area contributed by atoms with Gasteiger partial charge in [0.2, 0.25) is 0 Å². The van der Waals surface area contributed by atoms with E-state index in [0.717, 1.165) is 39.3 Å². The molecule has 0 atom stereocenters. The van der Waals surface area contributed by atoms with Crippen molar-refractivity contribution in [2.24, 2.45) is 0 Å². The second-order valence-corrected chi connectivity index (χ2v) is 5.11. The highest BCUT2D eigenvalue weighted by molar-refractivity contribution is 5.71. The third-order valence-corrected chi connectivity index (χ3v) is 3.62. The molecule has 112 valence electrons. The predicted octanol–water partition coefficient (Wildman–Crippen LogP) is 0.557. The number of carbonyl (C=O) groups excluding carboxylic acids is 1. The Hall–Kier alpha value is -0.650. The molecule has 19 heavy (non-hydrogen) atoms. The normalized spacial score (nSPS) is 17.6. The zero-order chi connectivity index (χ0) is 13.9. The summed E-state index contributed by atoms with van der Waals surface area (Å²) < 4.78 is 4.69. The Labute approximate surface area is 117 Å². The van der Waals surface area contributed by atoms with E-state index in [1.165, 1.54) is 32.9 Å². The highest BCUT2D eigenvalue weighted by Crippen LogP contribution is 2.04. The average molecular weight is 271 g/mol. The van der Waals surface area contributed by atoms with Crippen LogP contribution in [0.5, 0.6) is 0 Å². The zero-order valence-corrected chi connectivity index (χ0v) is 12.5. The first kappa shape index (κ1) is 16.4. The Morgan fingerprint density at radius 1 is 1.11 bits per heavy atom. The summed E-state index contributed by atoms with van der Waals surface area (Å²) in [7, 11) is 1.45. The van der Waals surface area contributed by atoms with Crippen molar-refractivity contribution in [2.75, 3.05) is 59.5 Å². The van der Waals surface area contributed by atoms with Gasteiger partial charge in [0.05, 0.1) is 13.7 Å². The number of methoxy groups -OCH3 is 1. The molecule has 5 nitrogen and oxygen atoms in total. The lowest BCUT2D eigenvalue weighted by Crippen LogP contribution is -2.48. The standard InChI is InChI=1S/C14H29N3O2/c1-3-15-7-5-4-6-8-16-9-11-17(12-10-16)13-14(18)19-2/h15H,3-13H2,1-2H3. The number of ether oxygens (including phenoxy) is 1. The lowest BCUT2D eigenvalue weighted by molar-refractivity contribution is -0.142. The van der Waals surface area contributed by atoms with Crippen LogP contribution in [-0.4, -0.2) is 75.2 Å². The smallest absolute Gasteiger partial charge is 0.319 e. The first-order valence-electron chi connectivity index (χ1n) is 7.48. The summed E-state index contributed by atoms with van der Waals surface area (Å²) in [5.41, 5.74) is 0. The molecule has 0 bridgehead atoms. The van der Waals surface area contributed by atoms with Crippen LogP contribution >= 0.6 is 0 Å². The van der Waals surface area contributed by atoms with Crippen molar-refractivity contribution in [1.82, 2.24) is 15.1 Å². The highest BCUT2D eigenvalue weighted by atomic mass is 16.5. The van der Waals surface area contributed by atoms with E-state index in [1.807, 2.05) is 0 Å². The number of hydrogen-bond acceptors (Lipinski definition) is 5. The van der Waals surface area contributed by atoms with Gasteiger partial charge in [0.25, 0.3) is 0 Å². The van der Waals surface area contributed by atoms with Crippen LogP contribution in [0.1, 0.15) is 26.2 Å². The fourth-order valence-corrected chi connectivity index (χ4v) is 2.36. The zero-order valence-electron chi connectivity index (χ0n) is 12.5. The summed E-state index contributed by atoms with van der Waals surface area (Å²) in [5, 5.41) is 3.35. The van der Waals surface area contributed by atoms with Crippen LogP contribution in [0, 0.1) is 0 Å². The first-order chi connectivity index (χ1) is 9.26. The number of esters is 1. The van der Waals surface area contributed by atoms with Gasteiger partial charge in [0.15, 0.2) is 0 Å². The molecule has 0 aliphatic carbocycles. The molecular weight excluding hydrogens is 242 g/mol. The van der Waals surface area contributed by atoms with Crippen molar-refractivity contribution in [3.05, 3.63) is 0 Å². The minimum absolute atomic E-state index is 0.128. The Bertz CT molecular complexity index is 241. The van der Waals surface area contributed by atoms with Crippen LogP contribution in [0.25, 0.3) is 0 Å². The van der Waals surface area contributed by atoms with E-state index in [1.54, 1.807) is 0 Å². The maximum absolute atomic E-state index is 11.2. The summed E-state index contributed by atoms with van der Waals surface area (Å²) in [6, 6.07) is 0. The predicted molar refractivity (Wildman–Crippen MR) is 77.3 cm³/mol. The van der Waals surface area contributed by atoms with E-state index in [9.17, 15) is 4.79 Å². The number of piperazine rings is 1. The highest BCUT2D eigenvalue weighted by Gasteiger charge is 2.18. The van der Waals surface area contributed by atoms with Crippen LogP contribution in [-0.2, 0) is 9.53 Å². The number of nitrogens with one attached hydrogen (secondary N) is 1. The molecule has 1 aliphatic heterocycles. The maximum atomic E-state index is 11.2. The average Bonchev–Trinajstić information content (AvgIpc) is 2.44. The SMILES string of the molecule is CCNCCCCCN1CCN(CC(=O)OC)CC1. The van der Waals surface area contributed by atoms with E-state index in [4.69, 9.17) is 4.74 Å². The molecule has 0 amide bonds.